The Kier molecular flexibility index (Phi) is 3.00. The van der Waals surface area contributed by atoms with Gasteiger partial charge in [0, 0.05) is 7.05 Å². The van der Waals surface area contributed by atoms with Crippen LogP contribution in [0.3, 0.4) is 0 Å². The van der Waals surface area contributed by atoms with Gasteiger partial charge < -0.3 is 0 Å². The van der Waals surface area contributed by atoms with Crippen LogP contribution < -0.4 is 4.83 Å². The predicted molar refractivity (Wildman–Crippen MR) is 40.6 cm³/mol. The predicted octanol–water partition coefficient (Wildman–Crippen LogP) is -1.66. The lowest BCUT2D eigenvalue weighted by Crippen LogP contribution is -2.41. The largest absolute Gasteiger partial charge is 0.224 e. The number of hydrogen-bond donors (Lipinski definition) is 1. The Morgan fingerprint density at radius 2 is 1.45 bits per heavy atom. The zero-order valence-corrected chi connectivity index (χ0v) is 8.03. The minimum absolute atomic E-state index is 0.530. The van der Waals surface area contributed by atoms with Gasteiger partial charge in [-0.3, -0.25) is 0 Å². The molecule has 0 rings (SSSR count). The van der Waals surface area contributed by atoms with Crippen molar-refractivity contribution in [2.24, 2.45) is 0 Å². The van der Waals surface area contributed by atoms with Crippen LogP contribution in [0.25, 0.3) is 0 Å². The molecule has 0 fully saturated rings. The fourth-order valence-electron chi connectivity index (χ4n) is 0.301. The molecule has 0 unspecified atom stereocenters. The van der Waals surface area contributed by atoms with E-state index >= 15 is 0 Å². The summed E-state index contributed by atoms with van der Waals surface area (Å²) in [5.41, 5.74) is 0. The third-order valence-corrected chi connectivity index (χ3v) is 2.60. The molecule has 0 amide bonds. The van der Waals surface area contributed by atoms with Gasteiger partial charge in [0.25, 0.3) is 0 Å². The molecule has 0 saturated heterocycles. The fraction of sp³-hybridized carbons (Fsp3) is 1.00. The van der Waals surface area contributed by atoms with Crippen LogP contribution in [0.15, 0.2) is 0 Å². The maximum absolute atomic E-state index is 10.6. The smallest absolute Gasteiger partial charge is 0.211 e. The highest BCUT2D eigenvalue weighted by molar-refractivity contribution is 7.91. The van der Waals surface area contributed by atoms with Gasteiger partial charge in [-0.05, 0) is 0 Å². The van der Waals surface area contributed by atoms with Gasteiger partial charge in [0.2, 0.25) is 20.0 Å². The standard InChI is InChI=1S/C3H10N2O4S2/c1-5(11(3,8)9)4-10(2,6)7/h4H,1-3H3. The first kappa shape index (κ1) is 10.8. The first-order valence-corrected chi connectivity index (χ1v) is 6.28. The molecule has 0 saturated carbocycles. The summed E-state index contributed by atoms with van der Waals surface area (Å²) in [6.45, 7) is 0. The average Bonchev–Trinajstić information content (AvgIpc) is 1.56. The fourth-order valence-corrected chi connectivity index (χ4v) is 1.72. The van der Waals surface area contributed by atoms with Crippen LogP contribution in [0.5, 0.6) is 0 Å². The van der Waals surface area contributed by atoms with E-state index in [9.17, 15) is 16.8 Å². The van der Waals surface area contributed by atoms with Gasteiger partial charge in [-0.2, -0.15) is 0 Å². The number of sulfonamides is 2. The summed E-state index contributed by atoms with van der Waals surface area (Å²) in [4.78, 5) is 1.78. The lowest BCUT2D eigenvalue weighted by molar-refractivity contribution is 0.438. The molecule has 0 heterocycles. The van der Waals surface area contributed by atoms with Crippen molar-refractivity contribution >= 4 is 20.0 Å². The number of hydrazine groups is 1. The summed E-state index contributed by atoms with van der Waals surface area (Å²) < 4.78 is 42.7. The first-order valence-electron chi connectivity index (χ1n) is 2.54. The quantitative estimate of drug-likeness (QED) is 0.555. The summed E-state index contributed by atoms with van der Waals surface area (Å²) in [5.74, 6) is 0. The summed E-state index contributed by atoms with van der Waals surface area (Å²) in [7, 11) is -5.90. The Bertz CT molecular complexity index is 315. The van der Waals surface area contributed by atoms with Crippen LogP contribution in [0.4, 0.5) is 0 Å². The number of nitrogens with one attached hydrogen (secondary N) is 1. The van der Waals surface area contributed by atoms with Crippen LogP contribution in [-0.2, 0) is 20.0 Å². The highest BCUT2D eigenvalue weighted by atomic mass is 32.2. The van der Waals surface area contributed by atoms with Gasteiger partial charge in [-0.1, -0.05) is 0 Å². The van der Waals surface area contributed by atoms with Crippen molar-refractivity contribution in [1.82, 2.24) is 9.25 Å². The molecular weight excluding hydrogens is 192 g/mol. The van der Waals surface area contributed by atoms with Crippen molar-refractivity contribution in [1.29, 1.82) is 0 Å². The second-order valence-electron chi connectivity index (χ2n) is 2.09. The van der Waals surface area contributed by atoms with Crippen molar-refractivity contribution in [2.75, 3.05) is 19.6 Å². The summed E-state index contributed by atoms with van der Waals surface area (Å²) in [6.07, 6.45) is 1.76. The van der Waals surface area contributed by atoms with Crippen LogP contribution in [0.2, 0.25) is 0 Å². The van der Waals surface area contributed by atoms with Gasteiger partial charge in [0.05, 0.1) is 12.5 Å². The second-order valence-corrected chi connectivity index (χ2v) is 5.83. The minimum Gasteiger partial charge on any atom is -0.211 e. The van der Waals surface area contributed by atoms with E-state index in [1.165, 1.54) is 0 Å². The third kappa shape index (κ3) is 5.13. The Morgan fingerprint density at radius 3 is 1.55 bits per heavy atom. The summed E-state index contributed by atoms with van der Waals surface area (Å²) in [5, 5.41) is 0. The van der Waals surface area contributed by atoms with E-state index < -0.39 is 20.0 Å². The summed E-state index contributed by atoms with van der Waals surface area (Å²) >= 11 is 0. The molecule has 1 N–H and O–H groups in total. The molecule has 6 nitrogen and oxygen atoms in total. The number of hydrogen-bond acceptors (Lipinski definition) is 4. The van der Waals surface area contributed by atoms with Crippen molar-refractivity contribution < 1.29 is 16.8 Å². The highest BCUT2D eigenvalue weighted by Crippen LogP contribution is 1.88. The van der Waals surface area contributed by atoms with E-state index in [4.69, 9.17) is 0 Å². The molecule has 0 aliphatic rings. The molecule has 0 aromatic rings. The Balaban J connectivity index is 4.47. The van der Waals surface area contributed by atoms with Crippen molar-refractivity contribution in [3.05, 3.63) is 0 Å². The molecule has 0 bridgehead atoms. The maximum atomic E-state index is 10.6. The van der Waals surface area contributed by atoms with Gasteiger partial charge in [0.15, 0.2) is 0 Å². The van der Waals surface area contributed by atoms with E-state index in [0.717, 1.165) is 19.6 Å². The number of nitrogens with zero attached hydrogens (tertiary/aromatic N) is 1. The zero-order valence-electron chi connectivity index (χ0n) is 6.40. The number of rotatable bonds is 3. The lowest BCUT2D eigenvalue weighted by Gasteiger charge is -2.12. The van der Waals surface area contributed by atoms with Crippen LogP contribution >= 0.6 is 0 Å². The Hall–Kier alpha value is -0.180. The molecule has 68 valence electrons. The van der Waals surface area contributed by atoms with E-state index in [-0.39, 0.29) is 0 Å². The van der Waals surface area contributed by atoms with Gasteiger partial charge in [0.1, 0.15) is 0 Å². The van der Waals surface area contributed by atoms with E-state index in [1.54, 1.807) is 4.83 Å². The molecular formula is C3H10N2O4S2. The van der Waals surface area contributed by atoms with Crippen LogP contribution in [-0.4, -0.2) is 40.8 Å². The molecule has 8 heteroatoms. The molecule has 11 heavy (non-hydrogen) atoms. The van der Waals surface area contributed by atoms with E-state index in [0.29, 0.717) is 4.41 Å². The average molecular weight is 202 g/mol. The van der Waals surface area contributed by atoms with E-state index in [2.05, 4.69) is 0 Å². The minimum atomic E-state index is -3.51. The lowest BCUT2D eigenvalue weighted by atomic mass is 11.5. The SMILES string of the molecule is CN(NS(C)(=O)=O)S(C)(=O)=O. The van der Waals surface area contributed by atoms with Gasteiger partial charge >= 0.3 is 0 Å². The monoisotopic (exact) mass is 202 g/mol. The third-order valence-electron chi connectivity index (χ3n) is 0.792. The second kappa shape index (κ2) is 3.05. The van der Waals surface area contributed by atoms with Crippen molar-refractivity contribution in [3.8, 4) is 0 Å². The maximum Gasteiger partial charge on any atom is 0.224 e. The molecule has 0 aromatic heterocycles. The normalized spacial score (nSPS) is 13.8. The van der Waals surface area contributed by atoms with Crippen LogP contribution in [0, 0.1) is 0 Å². The molecule has 0 aliphatic carbocycles. The van der Waals surface area contributed by atoms with Crippen molar-refractivity contribution in [3.63, 3.8) is 0 Å². The molecule has 0 spiro atoms. The van der Waals surface area contributed by atoms with Gasteiger partial charge in [-0.15, -0.1) is 9.25 Å². The molecule has 0 radical (unpaired) electrons. The molecule has 0 atom stereocenters. The first-order chi connectivity index (χ1) is 4.63. The Morgan fingerprint density at radius 1 is 1.09 bits per heavy atom. The zero-order chi connectivity index (χ0) is 9.28. The molecule has 0 aliphatic heterocycles. The summed E-state index contributed by atoms with van der Waals surface area (Å²) in [6, 6.07) is 0. The Labute approximate surface area is 66.3 Å². The topological polar surface area (TPSA) is 83.6 Å². The van der Waals surface area contributed by atoms with Crippen molar-refractivity contribution in [2.45, 2.75) is 0 Å². The van der Waals surface area contributed by atoms with E-state index in [1.807, 2.05) is 0 Å². The van der Waals surface area contributed by atoms with Gasteiger partial charge in [-0.25, -0.2) is 16.8 Å². The molecule has 0 aromatic carbocycles. The van der Waals surface area contributed by atoms with Crippen LogP contribution in [0.1, 0.15) is 0 Å². The highest BCUT2D eigenvalue weighted by Gasteiger charge is 2.14.